The van der Waals surface area contributed by atoms with Crippen LogP contribution in [0.1, 0.15) is 16.8 Å². The highest BCUT2D eigenvalue weighted by Crippen LogP contribution is 2.68. The lowest BCUT2D eigenvalue weighted by molar-refractivity contribution is -0.480. The van der Waals surface area contributed by atoms with E-state index in [1.54, 1.807) is 0 Å². The largest absolute Gasteiger partial charge is 0.304 e. The first-order chi connectivity index (χ1) is 14.5. The van der Waals surface area contributed by atoms with Gasteiger partial charge in [0.15, 0.2) is 0 Å². The van der Waals surface area contributed by atoms with Crippen molar-refractivity contribution in [1.82, 2.24) is 0 Å². The highest BCUT2D eigenvalue weighted by atomic mass is 31.2. The zero-order chi connectivity index (χ0) is 21.1. The summed E-state index contributed by atoms with van der Waals surface area (Å²) in [5.74, 6) is 0. The van der Waals surface area contributed by atoms with Gasteiger partial charge in [0.1, 0.15) is 5.66 Å². The fraction of sp³-hybridized carbons (Fsp3) is 0.217. The smallest absolute Gasteiger partial charge is 0.277 e. The second-order valence-corrected chi connectivity index (χ2v) is 10.2. The van der Waals surface area contributed by atoms with Gasteiger partial charge in [0.2, 0.25) is 6.54 Å². The Morgan fingerprint density at radius 3 is 1.77 bits per heavy atom. The fourth-order valence-electron chi connectivity index (χ4n) is 4.07. The van der Waals surface area contributed by atoms with Gasteiger partial charge in [-0.15, -0.1) is 0 Å². The van der Waals surface area contributed by atoms with Crippen LogP contribution in [0.25, 0.3) is 0 Å². The van der Waals surface area contributed by atoms with Crippen LogP contribution in [0.5, 0.6) is 0 Å². The van der Waals surface area contributed by atoms with Gasteiger partial charge < -0.3 is 9.34 Å². The van der Waals surface area contributed by atoms with Crippen molar-refractivity contribution in [2.45, 2.75) is 12.6 Å². The maximum atomic E-state index is 14.9. The number of hydrogen-bond donors (Lipinski definition) is 0. The summed E-state index contributed by atoms with van der Waals surface area (Å²) >= 11 is 0. The van der Waals surface area contributed by atoms with Crippen molar-refractivity contribution in [3.8, 4) is 0 Å². The standard InChI is InChI=1S/C23H24N3O3P/c1-19-12-14-20(15-13-19)23(18-26(27)28)30(29)24(21-8-4-2-5-9-21)16-17-25(30)22-10-6-3-7-11-22/h2-15,23H,16-18H2,1H3. The molecule has 1 aliphatic rings. The maximum Gasteiger partial charge on any atom is 0.277 e. The molecule has 1 fully saturated rings. The third-order valence-corrected chi connectivity index (χ3v) is 9.03. The minimum Gasteiger partial charge on any atom is -0.304 e. The van der Waals surface area contributed by atoms with E-state index in [0.717, 1.165) is 22.5 Å². The molecule has 6 nitrogen and oxygen atoms in total. The fourth-order valence-corrected chi connectivity index (χ4v) is 7.59. The van der Waals surface area contributed by atoms with E-state index in [0.29, 0.717) is 13.1 Å². The van der Waals surface area contributed by atoms with Gasteiger partial charge in [-0.25, -0.2) is 0 Å². The van der Waals surface area contributed by atoms with Gasteiger partial charge in [-0.05, 0) is 36.8 Å². The maximum absolute atomic E-state index is 14.9. The van der Waals surface area contributed by atoms with Gasteiger partial charge in [-0.3, -0.25) is 14.7 Å². The Hall–Kier alpha value is -3.11. The summed E-state index contributed by atoms with van der Waals surface area (Å²) in [5, 5.41) is 11.7. The number of benzene rings is 3. The number of rotatable bonds is 6. The van der Waals surface area contributed by atoms with Crippen molar-refractivity contribution in [3.63, 3.8) is 0 Å². The Kier molecular flexibility index (Phi) is 5.60. The van der Waals surface area contributed by atoms with Crippen LogP contribution in [0, 0.1) is 17.0 Å². The van der Waals surface area contributed by atoms with Gasteiger partial charge in [0.05, 0.1) is 0 Å². The van der Waals surface area contributed by atoms with Crippen molar-refractivity contribution in [1.29, 1.82) is 0 Å². The molecule has 1 heterocycles. The molecule has 1 saturated heterocycles. The Morgan fingerprint density at radius 1 is 0.867 bits per heavy atom. The van der Waals surface area contributed by atoms with Crippen molar-refractivity contribution in [3.05, 3.63) is 106 Å². The van der Waals surface area contributed by atoms with E-state index >= 15 is 0 Å². The molecule has 154 valence electrons. The predicted octanol–water partition coefficient (Wildman–Crippen LogP) is 5.53. The highest BCUT2D eigenvalue weighted by Gasteiger charge is 2.51. The number of nitro groups is 1. The normalized spacial score (nSPS) is 16.4. The van der Waals surface area contributed by atoms with E-state index < -0.39 is 19.6 Å². The molecular weight excluding hydrogens is 397 g/mol. The summed E-state index contributed by atoms with van der Waals surface area (Å²) in [7, 11) is -3.41. The van der Waals surface area contributed by atoms with E-state index in [-0.39, 0.29) is 4.92 Å². The van der Waals surface area contributed by atoms with E-state index in [9.17, 15) is 14.7 Å². The molecule has 3 aromatic rings. The van der Waals surface area contributed by atoms with Gasteiger partial charge in [-0.1, -0.05) is 66.2 Å². The summed E-state index contributed by atoms with van der Waals surface area (Å²) in [4.78, 5) is 11.3. The summed E-state index contributed by atoms with van der Waals surface area (Å²) in [5.41, 5.74) is 2.67. The molecule has 0 aromatic heterocycles. The first-order valence-corrected chi connectivity index (χ1v) is 11.6. The SMILES string of the molecule is Cc1ccc(C(C[N+](=O)[O-])P2(=O)N(c3ccccc3)CCN2c2ccccc2)cc1. The van der Waals surface area contributed by atoms with E-state index in [1.165, 1.54) is 0 Å². The molecule has 0 saturated carbocycles. The number of hydrogen-bond acceptors (Lipinski definition) is 3. The minimum absolute atomic E-state index is 0.352. The minimum atomic E-state index is -3.41. The summed E-state index contributed by atoms with van der Waals surface area (Å²) < 4.78 is 18.7. The van der Waals surface area contributed by atoms with Crippen LogP contribution in [0.15, 0.2) is 84.9 Å². The molecule has 1 unspecified atom stereocenters. The zero-order valence-corrected chi connectivity index (χ0v) is 17.7. The lowest BCUT2D eigenvalue weighted by Gasteiger charge is -2.36. The lowest BCUT2D eigenvalue weighted by atomic mass is 10.1. The first-order valence-electron chi connectivity index (χ1n) is 9.94. The van der Waals surface area contributed by atoms with Crippen molar-refractivity contribution >= 4 is 18.8 Å². The topological polar surface area (TPSA) is 66.7 Å². The highest BCUT2D eigenvalue weighted by molar-refractivity contribution is 7.68. The first kappa shape index (κ1) is 20.2. The molecule has 4 rings (SSSR count). The average molecular weight is 421 g/mol. The van der Waals surface area contributed by atoms with Crippen molar-refractivity contribution in [2.24, 2.45) is 0 Å². The van der Waals surface area contributed by atoms with Crippen LogP contribution in [0.3, 0.4) is 0 Å². The molecule has 3 aromatic carbocycles. The van der Waals surface area contributed by atoms with Crippen molar-refractivity contribution < 1.29 is 9.49 Å². The van der Waals surface area contributed by atoms with Gasteiger partial charge in [0.25, 0.3) is 7.44 Å². The molecule has 0 radical (unpaired) electrons. The molecule has 1 atom stereocenters. The number of aryl methyl sites for hydroxylation is 1. The molecule has 30 heavy (non-hydrogen) atoms. The molecule has 0 N–H and O–H groups in total. The van der Waals surface area contributed by atoms with Gasteiger partial charge >= 0.3 is 0 Å². The number of nitrogens with zero attached hydrogens (tertiary/aromatic N) is 3. The Bertz CT molecular complexity index is 1010. The third kappa shape index (κ3) is 3.71. The van der Waals surface area contributed by atoms with Crippen LogP contribution in [0.4, 0.5) is 11.4 Å². The Morgan fingerprint density at radius 2 is 1.33 bits per heavy atom. The lowest BCUT2D eigenvalue weighted by Crippen LogP contribution is -2.27. The zero-order valence-electron chi connectivity index (χ0n) is 16.8. The molecule has 0 aliphatic carbocycles. The van der Waals surface area contributed by atoms with Gasteiger partial charge in [-0.2, -0.15) is 0 Å². The van der Waals surface area contributed by atoms with Crippen LogP contribution in [-0.4, -0.2) is 24.6 Å². The van der Waals surface area contributed by atoms with Crippen LogP contribution >= 0.6 is 7.44 Å². The second kappa shape index (κ2) is 8.33. The van der Waals surface area contributed by atoms with Gasteiger partial charge in [0, 0.05) is 29.4 Å². The van der Waals surface area contributed by atoms with Crippen LogP contribution in [-0.2, 0) is 4.57 Å². The molecule has 0 amide bonds. The average Bonchev–Trinajstić information content (AvgIpc) is 3.12. The van der Waals surface area contributed by atoms with E-state index in [2.05, 4.69) is 0 Å². The van der Waals surface area contributed by atoms with Crippen LogP contribution in [0.2, 0.25) is 0 Å². The summed E-state index contributed by atoms with van der Waals surface area (Å²) in [6, 6.07) is 26.7. The Labute approximate surface area is 176 Å². The molecule has 0 spiro atoms. The van der Waals surface area contributed by atoms with Crippen molar-refractivity contribution in [2.75, 3.05) is 29.0 Å². The van der Waals surface area contributed by atoms with E-state index in [1.807, 2.05) is 101 Å². The Balaban J connectivity index is 1.89. The monoisotopic (exact) mass is 421 g/mol. The molecule has 1 aliphatic heterocycles. The molecule has 0 bridgehead atoms. The van der Waals surface area contributed by atoms with Crippen LogP contribution < -0.4 is 9.34 Å². The van der Waals surface area contributed by atoms with E-state index in [4.69, 9.17) is 0 Å². The number of anilines is 2. The number of para-hydroxylation sites is 2. The summed E-state index contributed by atoms with van der Waals surface area (Å²) in [6.45, 7) is 2.65. The quantitative estimate of drug-likeness (QED) is 0.297. The second-order valence-electron chi connectivity index (χ2n) is 7.45. The predicted molar refractivity (Wildman–Crippen MR) is 121 cm³/mol. The summed E-state index contributed by atoms with van der Waals surface area (Å²) in [6.07, 6.45) is 0. The molecular formula is C23H24N3O3P. The third-order valence-electron chi connectivity index (χ3n) is 5.51. The molecule has 7 heteroatoms.